The first-order valence-electron chi connectivity index (χ1n) is 14.0. The van der Waals surface area contributed by atoms with Gasteiger partial charge in [0.05, 0.1) is 17.6 Å². The number of amides is 2. The van der Waals surface area contributed by atoms with Gasteiger partial charge in [-0.15, -0.1) is 4.83 Å². The predicted molar refractivity (Wildman–Crippen MR) is 170 cm³/mol. The zero-order valence-corrected chi connectivity index (χ0v) is 27.0. The summed E-state index contributed by atoms with van der Waals surface area (Å²) in [6.07, 6.45) is -5.20. The number of anilines is 2. The van der Waals surface area contributed by atoms with Gasteiger partial charge in [-0.05, 0) is 87.0 Å². The van der Waals surface area contributed by atoms with E-state index in [4.69, 9.17) is 30.5 Å². The van der Waals surface area contributed by atoms with Gasteiger partial charge >= 0.3 is 12.1 Å². The zero-order valence-electron chi connectivity index (χ0n) is 26.1. The van der Waals surface area contributed by atoms with E-state index in [1.807, 2.05) is 20.8 Å². The molecular formula is C30H35F3N6O8S. The van der Waals surface area contributed by atoms with E-state index in [0.29, 0.717) is 40.6 Å². The molecule has 260 valence electrons. The number of hydrogen-bond donors (Lipinski definition) is 7. The number of halogens is 3. The van der Waals surface area contributed by atoms with Crippen molar-refractivity contribution in [3.63, 3.8) is 0 Å². The molecular weight excluding hydrogens is 661 g/mol. The molecule has 0 aliphatic carbocycles. The molecule has 0 saturated heterocycles. The topological polar surface area (TPSA) is 222 Å². The van der Waals surface area contributed by atoms with Crippen LogP contribution in [0.5, 0.6) is 11.5 Å². The number of carboxylic acid groups (broad SMARTS) is 1. The smallest absolute Gasteiger partial charge is 0.490 e. The number of ether oxygens (including phenoxy) is 2. The fraction of sp³-hybridized carbons (Fsp3) is 0.267. The highest BCUT2D eigenvalue weighted by molar-refractivity contribution is 7.89. The van der Waals surface area contributed by atoms with Gasteiger partial charge in [0.25, 0.3) is 15.9 Å². The van der Waals surface area contributed by atoms with Crippen LogP contribution in [0.4, 0.5) is 24.5 Å². The van der Waals surface area contributed by atoms with Gasteiger partial charge in [-0.25, -0.2) is 13.2 Å². The van der Waals surface area contributed by atoms with Crippen molar-refractivity contribution in [2.45, 2.75) is 50.9 Å². The van der Waals surface area contributed by atoms with E-state index in [9.17, 15) is 31.2 Å². The lowest BCUT2D eigenvalue weighted by atomic mass is 10.0. The van der Waals surface area contributed by atoms with Crippen LogP contribution in [0.25, 0.3) is 0 Å². The second kappa shape index (κ2) is 17.0. The molecule has 0 saturated carbocycles. The standard InChI is InChI=1S/C28H34N6O6S.C2HF3O2/c1-5-39-25-16-20(8-15-24(25)40-17(2)3)26(32-22-9-6-19(7-10-22)27(29)30)28(36)33-34-41(37,38)23-13-11-21(12-14-23)31-18(4)35;3-2(4,5)1(6)7/h6-17,26,32,34H,5H2,1-4H3,(H3,29,30)(H,31,35)(H,33,36);(H,6,7). The number of carbonyl (C=O) groups is 3. The zero-order chi connectivity index (χ0) is 36.2. The third kappa shape index (κ3) is 12.1. The lowest BCUT2D eigenvalue weighted by molar-refractivity contribution is -0.192. The van der Waals surface area contributed by atoms with Gasteiger partial charge < -0.3 is 30.9 Å². The Morgan fingerprint density at radius 2 is 1.52 bits per heavy atom. The van der Waals surface area contributed by atoms with E-state index in [2.05, 4.69) is 20.9 Å². The first-order chi connectivity index (χ1) is 22.3. The number of sulfonamides is 1. The number of benzene rings is 3. The minimum Gasteiger partial charge on any atom is -0.490 e. The monoisotopic (exact) mass is 696 g/mol. The van der Waals surface area contributed by atoms with Gasteiger partial charge in [-0.3, -0.25) is 20.4 Å². The van der Waals surface area contributed by atoms with Gasteiger partial charge in [-0.2, -0.15) is 13.2 Å². The molecule has 0 spiro atoms. The average molecular weight is 697 g/mol. The van der Waals surface area contributed by atoms with E-state index in [1.54, 1.807) is 42.5 Å². The van der Waals surface area contributed by atoms with Crippen molar-refractivity contribution in [2.24, 2.45) is 5.73 Å². The third-order valence-electron chi connectivity index (χ3n) is 5.77. The number of amidine groups is 1. The molecule has 8 N–H and O–H groups in total. The number of carbonyl (C=O) groups excluding carboxylic acids is 2. The maximum absolute atomic E-state index is 13.4. The van der Waals surface area contributed by atoms with Crippen LogP contribution in [-0.4, -0.2) is 56.0 Å². The molecule has 0 radical (unpaired) electrons. The lowest BCUT2D eigenvalue weighted by Crippen LogP contribution is -2.45. The number of alkyl halides is 3. The van der Waals surface area contributed by atoms with E-state index in [0.717, 1.165) is 0 Å². The van der Waals surface area contributed by atoms with Crippen LogP contribution in [0.2, 0.25) is 0 Å². The number of nitrogen functional groups attached to an aromatic ring is 1. The second-order valence-corrected chi connectivity index (χ2v) is 11.7. The molecule has 1 unspecified atom stereocenters. The Hall–Kier alpha value is -5.36. The predicted octanol–water partition coefficient (Wildman–Crippen LogP) is 3.91. The van der Waals surface area contributed by atoms with Crippen LogP contribution >= 0.6 is 0 Å². The maximum atomic E-state index is 13.4. The Balaban J connectivity index is 0.00000103. The first kappa shape index (κ1) is 38.8. The Labute approximate surface area is 274 Å². The number of hydrogen-bond acceptors (Lipinski definition) is 9. The van der Waals surface area contributed by atoms with Gasteiger partial charge in [0.2, 0.25) is 5.91 Å². The molecule has 14 nitrogen and oxygen atoms in total. The van der Waals surface area contributed by atoms with Crippen LogP contribution in [0.15, 0.2) is 71.6 Å². The van der Waals surface area contributed by atoms with Crippen molar-refractivity contribution in [1.29, 1.82) is 5.41 Å². The number of nitrogens with one attached hydrogen (secondary N) is 5. The molecule has 18 heteroatoms. The Morgan fingerprint density at radius 1 is 0.958 bits per heavy atom. The number of rotatable bonds is 13. The summed E-state index contributed by atoms with van der Waals surface area (Å²) in [4.78, 5) is 35.6. The summed E-state index contributed by atoms with van der Waals surface area (Å²) in [6.45, 7) is 7.28. The maximum Gasteiger partial charge on any atom is 0.490 e. The van der Waals surface area contributed by atoms with E-state index >= 15 is 0 Å². The molecule has 1 atom stereocenters. The fourth-order valence-corrected chi connectivity index (χ4v) is 4.55. The highest BCUT2D eigenvalue weighted by Gasteiger charge is 2.38. The van der Waals surface area contributed by atoms with Crippen LogP contribution in [-0.2, 0) is 24.4 Å². The molecule has 0 heterocycles. The molecule has 48 heavy (non-hydrogen) atoms. The molecule has 0 aliphatic rings. The Morgan fingerprint density at radius 3 is 2.00 bits per heavy atom. The molecule has 0 fully saturated rings. The molecule has 3 aromatic rings. The molecule has 2 amide bonds. The lowest BCUT2D eigenvalue weighted by Gasteiger charge is -2.22. The summed E-state index contributed by atoms with van der Waals surface area (Å²) in [7, 11) is -4.15. The van der Waals surface area contributed by atoms with E-state index in [1.165, 1.54) is 31.2 Å². The van der Waals surface area contributed by atoms with Crippen molar-refractivity contribution in [2.75, 3.05) is 17.2 Å². The minimum atomic E-state index is -5.08. The van der Waals surface area contributed by atoms with Gasteiger partial charge in [0, 0.05) is 23.9 Å². The fourth-order valence-electron chi connectivity index (χ4n) is 3.71. The number of aliphatic carboxylic acids is 1. The van der Waals surface area contributed by atoms with Gasteiger partial charge in [0.15, 0.2) is 11.5 Å². The van der Waals surface area contributed by atoms with Crippen LogP contribution in [0.1, 0.15) is 44.9 Å². The summed E-state index contributed by atoms with van der Waals surface area (Å²) in [5.74, 6) is -2.94. The van der Waals surface area contributed by atoms with Crippen LogP contribution < -0.4 is 36.1 Å². The van der Waals surface area contributed by atoms with E-state index in [-0.39, 0.29) is 22.7 Å². The van der Waals surface area contributed by atoms with Gasteiger partial charge in [0.1, 0.15) is 11.9 Å². The van der Waals surface area contributed by atoms with Crippen molar-refractivity contribution in [1.82, 2.24) is 10.3 Å². The normalized spacial score (nSPS) is 11.8. The highest BCUT2D eigenvalue weighted by atomic mass is 32.2. The van der Waals surface area contributed by atoms with E-state index < -0.39 is 34.1 Å². The SMILES string of the molecule is CCOc1cc(C(Nc2ccc(C(=N)N)cc2)C(=O)NNS(=O)(=O)c2ccc(NC(C)=O)cc2)ccc1OC(C)C.O=C(O)C(F)(F)F. The van der Waals surface area contributed by atoms with Crippen LogP contribution in [0.3, 0.4) is 0 Å². The first-order valence-corrected chi connectivity index (χ1v) is 15.5. The van der Waals surface area contributed by atoms with Crippen molar-refractivity contribution in [3.05, 3.63) is 77.9 Å². The highest BCUT2D eigenvalue weighted by Crippen LogP contribution is 2.33. The summed E-state index contributed by atoms with van der Waals surface area (Å²) in [5, 5.41) is 20.4. The van der Waals surface area contributed by atoms with Crippen LogP contribution in [0, 0.1) is 5.41 Å². The quantitative estimate of drug-likeness (QED) is 0.0775. The number of nitrogens with two attached hydrogens (primary N) is 1. The molecule has 3 rings (SSSR count). The molecule has 0 aliphatic heterocycles. The minimum absolute atomic E-state index is 0.104. The number of carboxylic acids is 1. The Kier molecular flexibility index (Phi) is 13.7. The Bertz CT molecular complexity index is 1700. The van der Waals surface area contributed by atoms with Crippen molar-refractivity contribution in [3.8, 4) is 11.5 Å². The van der Waals surface area contributed by atoms with Gasteiger partial charge in [-0.1, -0.05) is 6.07 Å². The van der Waals surface area contributed by atoms with Crippen molar-refractivity contribution >= 4 is 45.0 Å². The molecule has 0 bridgehead atoms. The largest absolute Gasteiger partial charge is 0.490 e. The summed E-state index contributed by atoms with van der Waals surface area (Å²) in [5.41, 5.74) is 9.74. The molecule has 3 aromatic carbocycles. The summed E-state index contributed by atoms with van der Waals surface area (Å²) in [6, 6.07) is 15.9. The van der Waals surface area contributed by atoms with Crippen molar-refractivity contribution < 1.29 is 50.6 Å². The molecule has 0 aromatic heterocycles. The summed E-state index contributed by atoms with van der Waals surface area (Å²) >= 11 is 0. The summed E-state index contributed by atoms with van der Waals surface area (Å²) < 4.78 is 69.1. The average Bonchev–Trinajstić information content (AvgIpc) is 2.99. The third-order valence-corrected chi connectivity index (χ3v) is 7.03. The number of hydrazine groups is 1. The second-order valence-electron chi connectivity index (χ2n) is 9.98.